The van der Waals surface area contributed by atoms with Gasteiger partial charge in [0, 0.05) is 4.90 Å². The van der Waals surface area contributed by atoms with Crippen molar-refractivity contribution in [2.24, 2.45) is 10.3 Å². The fourth-order valence-electron chi connectivity index (χ4n) is 2.18. The Morgan fingerprint density at radius 1 is 1.23 bits per heavy atom. The second-order valence-electron chi connectivity index (χ2n) is 8.90. The molecule has 0 fully saturated rings. The Morgan fingerprint density at radius 2 is 1.77 bits per heavy atom. The van der Waals surface area contributed by atoms with Crippen molar-refractivity contribution in [1.82, 2.24) is 0 Å². The van der Waals surface area contributed by atoms with Gasteiger partial charge < -0.3 is 4.43 Å². The molecule has 1 aromatic rings. The van der Waals surface area contributed by atoms with E-state index < -0.39 is 18.0 Å². The molecule has 3 nitrogen and oxygen atoms in total. The molecule has 0 bridgehead atoms. The number of rotatable bonds is 8. The van der Waals surface area contributed by atoms with E-state index >= 15 is 0 Å². The van der Waals surface area contributed by atoms with Crippen LogP contribution in [0.15, 0.2) is 46.2 Å². The lowest BCUT2D eigenvalue weighted by molar-refractivity contribution is 0.240. The summed E-state index contributed by atoms with van der Waals surface area (Å²) < 4.78 is 24.9. The van der Waals surface area contributed by atoms with Crippen LogP contribution in [0.2, 0.25) is 18.1 Å². The van der Waals surface area contributed by atoms with E-state index in [2.05, 4.69) is 54.3 Å². The van der Waals surface area contributed by atoms with E-state index in [0.717, 1.165) is 10.5 Å². The molecule has 2 atom stereocenters. The summed E-state index contributed by atoms with van der Waals surface area (Å²) in [7, 11) is -4.41. The first-order chi connectivity index (χ1) is 11.8. The molecule has 0 aromatic heterocycles. The van der Waals surface area contributed by atoms with Crippen LogP contribution >= 0.6 is 0 Å². The van der Waals surface area contributed by atoms with Gasteiger partial charge in [-0.1, -0.05) is 58.4 Å². The highest BCUT2D eigenvalue weighted by Crippen LogP contribution is 2.37. The summed E-state index contributed by atoms with van der Waals surface area (Å²) in [6.45, 7) is 21.8. The van der Waals surface area contributed by atoms with E-state index in [1.54, 1.807) is 6.08 Å². The molecule has 5 heteroatoms. The second-order valence-corrected chi connectivity index (χ2v) is 16.0. The number of nitrogens with zero attached hydrogens (tertiary/aromatic N) is 1. The number of aryl methyl sites for hydroxylation is 1. The van der Waals surface area contributed by atoms with Gasteiger partial charge in [-0.05, 0) is 43.1 Å². The van der Waals surface area contributed by atoms with Gasteiger partial charge in [0.05, 0.1) is 28.1 Å². The third-order valence-electron chi connectivity index (χ3n) is 5.23. The highest BCUT2D eigenvalue weighted by molar-refractivity contribution is 7.93. The van der Waals surface area contributed by atoms with Gasteiger partial charge in [0.1, 0.15) is 0 Å². The van der Waals surface area contributed by atoms with Crippen LogP contribution in [0.4, 0.5) is 0 Å². The summed E-state index contributed by atoms with van der Waals surface area (Å²) >= 11 is 0. The number of hydrogen-bond acceptors (Lipinski definition) is 3. The van der Waals surface area contributed by atoms with Gasteiger partial charge in [0.2, 0.25) is 0 Å². The lowest BCUT2D eigenvalue weighted by Gasteiger charge is -2.37. The van der Waals surface area contributed by atoms with Crippen molar-refractivity contribution >= 4 is 18.0 Å². The molecule has 1 unspecified atom stereocenters. The maximum Gasteiger partial charge on any atom is 0.192 e. The summed E-state index contributed by atoms with van der Waals surface area (Å²) in [4.78, 5) is 0.779. The quantitative estimate of drug-likeness (QED) is 0.397. The SMILES string of the molecule is C=CCS(=O)(=N[C@H](CO[Si](C)(C)C(C)(C)C)C(C)C)c1ccc(C)cc1. The van der Waals surface area contributed by atoms with Gasteiger partial charge in [-0.3, -0.25) is 0 Å². The second kappa shape index (κ2) is 8.85. The molecular formula is C21H37NO2SSi. The molecule has 0 aliphatic heterocycles. The minimum atomic E-state index is -2.54. The number of hydrogen-bond donors (Lipinski definition) is 0. The van der Waals surface area contributed by atoms with Gasteiger partial charge >= 0.3 is 0 Å². The lowest BCUT2D eigenvalue weighted by Crippen LogP contribution is -2.43. The summed E-state index contributed by atoms with van der Waals surface area (Å²) in [5.74, 6) is 0.621. The van der Waals surface area contributed by atoms with Crippen LogP contribution in [0.3, 0.4) is 0 Å². The molecule has 0 N–H and O–H groups in total. The Kier molecular flexibility index (Phi) is 7.87. The van der Waals surface area contributed by atoms with Crippen LogP contribution in [0.5, 0.6) is 0 Å². The molecular weight excluding hydrogens is 358 g/mol. The predicted molar refractivity (Wildman–Crippen MR) is 117 cm³/mol. The molecule has 0 saturated heterocycles. The zero-order valence-corrected chi connectivity index (χ0v) is 19.7. The van der Waals surface area contributed by atoms with Gasteiger partial charge in [-0.15, -0.1) is 6.58 Å². The van der Waals surface area contributed by atoms with Crippen molar-refractivity contribution in [2.75, 3.05) is 12.4 Å². The minimum Gasteiger partial charge on any atom is -0.415 e. The fraction of sp³-hybridized carbons (Fsp3) is 0.619. The molecule has 0 aliphatic carbocycles. The normalized spacial score (nSPS) is 16.2. The average molecular weight is 396 g/mol. The topological polar surface area (TPSA) is 38.7 Å². The zero-order chi connectivity index (χ0) is 20.2. The van der Waals surface area contributed by atoms with Crippen molar-refractivity contribution < 1.29 is 8.63 Å². The van der Waals surface area contributed by atoms with Crippen LogP contribution in [-0.4, -0.2) is 30.9 Å². The maximum atomic E-state index is 13.7. The predicted octanol–water partition coefficient (Wildman–Crippen LogP) is 6.05. The molecule has 0 heterocycles. The smallest absolute Gasteiger partial charge is 0.192 e. The van der Waals surface area contributed by atoms with Gasteiger partial charge in [-0.25, -0.2) is 8.57 Å². The minimum absolute atomic E-state index is 0.0992. The Bertz CT molecular complexity index is 709. The first kappa shape index (κ1) is 23.1. The largest absolute Gasteiger partial charge is 0.415 e. The van der Waals surface area contributed by atoms with E-state index in [4.69, 9.17) is 8.79 Å². The van der Waals surface area contributed by atoms with Gasteiger partial charge in [0.15, 0.2) is 8.32 Å². The first-order valence-corrected chi connectivity index (χ1v) is 14.0. The Hall–Kier alpha value is -0.913. The van der Waals surface area contributed by atoms with Gasteiger partial charge in [0.25, 0.3) is 0 Å². The maximum absolute atomic E-state index is 13.7. The Labute approximate surface area is 162 Å². The third kappa shape index (κ3) is 6.07. The zero-order valence-electron chi connectivity index (χ0n) is 17.8. The van der Waals surface area contributed by atoms with E-state index in [9.17, 15) is 4.21 Å². The third-order valence-corrected chi connectivity index (χ3v) is 12.0. The lowest BCUT2D eigenvalue weighted by atomic mass is 10.1. The average Bonchev–Trinajstić information content (AvgIpc) is 2.51. The fourth-order valence-corrected chi connectivity index (χ4v) is 5.23. The molecule has 26 heavy (non-hydrogen) atoms. The Balaban J connectivity index is 3.22. The number of benzene rings is 1. The highest BCUT2D eigenvalue weighted by atomic mass is 32.2. The van der Waals surface area contributed by atoms with E-state index in [1.807, 2.05) is 31.2 Å². The highest BCUT2D eigenvalue weighted by Gasteiger charge is 2.38. The summed E-state index contributed by atoms with van der Waals surface area (Å²) in [5.41, 5.74) is 1.15. The van der Waals surface area contributed by atoms with E-state index in [1.165, 1.54) is 0 Å². The van der Waals surface area contributed by atoms with Crippen molar-refractivity contribution in [3.63, 3.8) is 0 Å². The first-order valence-electron chi connectivity index (χ1n) is 9.38. The molecule has 0 spiro atoms. The summed E-state index contributed by atoms with van der Waals surface area (Å²) in [6.07, 6.45) is 1.71. The van der Waals surface area contributed by atoms with E-state index in [-0.39, 0.29) is 17.0 Å². The molecule has 0 saturated carbocycles. The summed E-state index contributed by atoms with van der Waals surface area (Å²) in [6, 6.07) is 7.74. The molecule has 1 aromatic carbocycles. The molecule has 0 radical (unpaired) electrons. The van der Waals surface area contributed by atoms with Crippen molar-refractivity contribution in [3.05, 3.63) is 42.5 Å². The van der Waals surface area contributed by atoms with E-state index in [0.29, 0.717) is 12.4 Å². The summed E-state index contributed by atoms with van der Waals surface area (Å²) in [5, 5.41) is 0.147. The van der Waals surface area contributed by atoms with Crippen LogP contribution in [-0.2, 0) is 14.2 Å². The van der Waals surface area contributed by atoms with Crippen LogP contribution < -0.4 is 0 Å². The molecule has 0 aliphatic rings. The molecule has 148 valence electrons. The Morgan fingerprint density at radius 3 is 2.19 bits per heavy atom. The van der Waals surface area contributed by atoms with Gasteiger partial charge in [-0.2, -0.15) is 0 Å². The van der Waals surface area contributed by atoms with Crippen LogP contribution in [0, 0.1) is 12.8 Å². The van der Waals surface area contributed by atoms with Crippen LogP contribution in [0.25, 0.3) is 0 Å². The molecule has 0 amide bonds. The van der Waals surface area contributed by atoms with Crippen LogP contribution in [0.1, 0.15) is 40.2 Å². The van der Waals surface area contributed by atoms with Crippen molar-refractivity contribution in [1.29, 1.82) is 0 Å². The van der Waals surface area contributed by atoms with Crippen molar-refractivity contribution in [3.8, 4) is 0 Å². The monoisotopic (exact) mass is 395 g/mol. The van der Waals surface area contributed by atoms with Crippen molar-refractivity contribution in [2.45, 2.75) is 70.6 Å². The molecule has 1 rings (SSSR count). The standard InChI is InChI=1S/C21H37NO2SSi/c1-10-15-25(23,19-13-11-18(4)12-14-19)22-20(17(2)3)16-24-26(8,9)21(5,6)7/h10-14,17,20H,1,15-16H2,2-9H3/t20-,25?/m1/s1.